The van der Waals surface area contributed by atoms with Crippen LogP contribution in [0.1, 0.15) is 0 Å². The maximum absolute atomic E-state index is 13.5. The average Bonchev–Trinajstić information content (AvgIpc) is 3.19. The van der Waals surface area contributed by atoms with E-state index in [1.165, 1.54) is 15.2 Å². The second kappa shape index (κ2) is 6.89. The molecule has 0 saturated heterocycles. The minimum Gasteiger partial charge on any atom is -0.308 e. The molecular weight excluding hydrogens is 445 g/mol. The van der Waals surface area contributed by atoms with Crippen molar-refractivity contribution in [2.45, 2.75) is 11.6 Å². The van der Waals surface area contributed by atoms with E-state index in [9.17, 15) is 13.2 Å². The predicted octanol–water partition coefficient (Wildman–Crippen LogP) is 2.62. The maximum Gasteiger partial charge on any atom is 0.343 e. The van der Waals surface area contributed by atoms with Gasteiger partial charge in [0.1, 0.15) is 4.34 Å². The Morgan fingerprint density at radius 3 is 2.54 bits per heavy atom. The molecule has 0 fully saturated rings. The zero-order chi connectivity index (χ0) is 20.2. The van der Waals surface area contributed by atoms with E-state index in [0.29, 0.717) is 27.9 Å². The first-order chi connectivity index (χ1) is 13.2. The molecule has 0 spiro atoms. The van der Waals surface area contributed by atoms with Crippen molar-refractivity contribution in [1.29, 1.82) is 0 Å². The van der Waals surface area contributed by atoms with Crippen molar-refractivity contribution in [3.8, 4) is 0 Å². The van der Waals surface area contributed by atoms with E-state index < -0.39 is 15.7 Å². The van der Waals surface area contributed by atoms with Gasteiger partial charge in [-0.2, -0.15) is 12.4 Å². The molecule has 0 N–H and O–H groups in total. The summed E-state index contributed by atoms with van der Waals surface area (Å²) in [5.41, 5.74) is 0.146. The first kappa shape index (κ1) is 19.5. The van der Waals surface area contributed by atoms with Gasteiger partial charge >= 0.3 is 5.69 Å². The lowest BCUT2D eigenvalue weighted by Crippen LogP contribution is -2.32. The van der Waals surface area contributed by atoms with Crippen molar-refractivity contribution in [3.63, 3.8) is 0 Å². The number of nitrogens with zero attached hydrogens (tertiary/aromatic N) is 5. The second-order valence-electron chi connectivity index (χ2n) is 6.39. The van der Waals surface area contributed by atoms with E-state index >= 15 is 0 Å². The lowest BCUT2D eigenvalue weighted by molar-refractivity contribution is 0.383. The summed E-state index contributed by atoms with van der Waals surface area (Å²) >= 11 is 13.2. The molecule has 12 heteroatoms. The van der Waals surface area contributed by atoms with Crippen LogP contribution in [0.2, 0.25) is 9.49 Å². The molecular formula is C16H15Cl2N5O3S2. The van der Waals surface area contributed by atoms with E-state index in [2.05, 4.69) is 4.98 Å². The Balaban J connectivity index is 2.01. The fourth-order valence-electron chi connectivity index (χ4n) is 3.02. The van der Waals surface area contributed by atoms with E-state index in [-0.39, 0.29) is 15.7 Å². The Hall–Kier alpha value is -1.85. The first-order valence-corrected chi connectivity index (χ1v) is 11.2. The summed E-state index contributed by atoms with van der Waals surface area (Å²) in [6.07, 6.45) is 1.42. The Morgan fingerprint density at radius 1 is 1.18 bits per heavy atom. The molecule has 28 heavy (non-hydrogen) atoms. The number of imidazole rings is 2. The standard InChI is InChI=1S/C16H15Cl2N5O3S2/c1-20(2)7-8-21-10-5-3-4-6-11(10)23(16(21)24)28(25,26)14-13(18)19-15-22(14)9-12(17)27-15/h3-6,9H,7-8H2,1-2H3. The number of hydrogen-bond acceptors (Lipinski definition) is 6. The number of hydrogen-bond donors (Lipinski definition) is 0. The highest BCUT2D eigenvalue weighted by atomic mass is 35.5. The molecule has 0 unspecified atom stereocenters. The van der Waals surface area contributed by atoms with Gasteiger partial charge in [0.2, 0.25) is 5.03 Å². The van der Waals surface area contributed by atoms with Gasteiger partial charge in [-0.3, -0.25) is 8.97 Å². The highest BCUT2D eigenvalue weighted by molar-refractivity contribution is 7.90. The van der Waals surface area contributed by atoms with Crippen LogP contribution in [0.15, 0.2) is 40.3 Å². The summed E-state index contributed by atoms with van der Waals surface area (Å²) in [6.45, 7) is 0.917. The Morgan fingerprint density at radius 2 is 1.86 bits per heavy atom. The first-order valence-electron chi connectivity index (χ1n) is 8.15. The third-order valence-corrected chi connectivity index (χ3v) is 7.45. The lowest BCUT2D eigenvalue weighted by atomic mass is 10.3. The zero-order valence-electron chi connectivity index (χ0n) is 14.8. The van der Waals surface area contributed by atoms with Crippen molar-refractivity contribution in [2.75, 3.05) is 20.6 Å². The minimum atomic E-state index is -4.33. The number of para-hydroxylation sites is 2. The van der Waals surface area contributed by atoms with Crippen molar-refractivity contribution in [2.24, 2.45) is 0 Å². The molecule has 0 radical (unpaired) electrons. The molecule has 0 aliphatic heterocycles. The molecule has 0 atom stereocenters. The highest BCUT2D eigenvalue weighted by Crippen LogP contribution is 2.31. The maximum atomic E-state index is 13.5. The number of likely N-dealkylation sites (N-methyl/N-ethyl adjacent to an activating group) is 1. The van der Waals surface area contributed by atoms with Crippen LogP contribution in [0.5, 0.6) is 0 Å². The van der Waals surface area contributed by atoms with Crippen LogP contribution in [0.3, 0.4) is 0 Å². The van der Waals surface area contributed by atoms with Gasteiger partial charge in [0.25, 0.3) is 10.0 Å². The smallest absolute Gasteiger partial charge is 0.308 e. The predicted molar refractivity (Wildman–Crippen MR) is 110 cm³/mol. The number of rotatable bonds is 5. The van der Waals surface area contributed by atoms with Crippen LogP contribution < -0.4 is 5.69 Å². The Kier molecular flexibility index (Phi) is 4.79. The van der Waals surface area contributed by atoms with Gasteiger partial charge in [-0.05, 0) is 26.2 Å². The summed E-state index contributed by atoms with van der Waals surface area (Å²) in [5, 5.41) is -0.495. The van der Waals surface area contributed by atoms with Gasteiger partial charge in [0.15, 0.2) is 10.1 Å². The van der Waals surface area contributed by atoms with E-state index in [1.807, 2.05) is 19.0 Å². The molecule has 4 aromatic rings. The van der Waals surface area contributed by atoms with Gasteiger partial charge in [0.05, 0.1) is 11.0 Å². The molecule has 0 aliphatic carbocycles. The number of halogens is 2. The SMILES string of the molecule is CN(C)CCn1c(=O)n(S(=O)(=O)c2c(Cl)nc3sc(Cl)cn23)c2ccccc21. The van der Waals surface area contributed by atoms with Crippen LogP contribution in [0.25, 0.3) is 16.0 Å². The third kappa shape index (κ3) is 2.96. The fraction of sp³-hybridized carbons (Fsp3) is 0.250. The summed E-state index contributed by atoms with van der Waals surface area (Å²) in [4.78, 5) is 19.4. The molecule has 0 saturated carbocycles. The van der Waals surface area contributed by atoms with Gasteiger partial charge in [0, 0.05) is 19.3 Å². The Labute approximate surface area is 174 Å². The summed E-state index contributed by atoms with van der Waals surface area (Å²) in [6, 6.07) is 6.74. The zero-order valence-corrected chi connectivity index (χ0v) is 18.0. The van der Waals surface area contributed by atoms with Crippen molar-refractivity contribution in [3.05, 3.63) is 50.4 Å². The topological polar surface area (TPSA) is 81.6 Å². The highest BCUT2D eigenvalue weighted by Gasteiger charge is 2.31. The van der Waals surface area contributed by atoms with E-state index in [0.717, 1.165) is 15.3 Å². The van der Waals surface area contributed by atoms with Crippen LogP contribution in [-0.2, 0) is 16.6 Å². The summed E-state index contributed by atoms with van der Waals surface area (Å²) in [7, 11) is -0.570. The van der Waals surface area contributed by atoms with Gasteiger partial charge in [-0.1, -0.05) is 46.7 Å². The molecule has 0 aliphatic rings. The number of aromatic nitrogens is 4. The van der Waals surface area contributed by atoms with E-state index in [4.69, 9.17) is 23.2 Å². The summed E-state index contributed by atoms with van der Waals surface area (Å²) in [5.74, 6) is 0. The van der Waals surface area contributed by atoms with Crippen LogP contribution in [0.4, 0.5) is 0 Å². The third-order valence-electron chi connectivity index (χ3n) is 4.27. The molecule has 3 aromatic heterocycles. The second-order valence-corrected chi connectivity index (χ2v) is 10.1. The molecule has 3 heterocycles. The number of fused-ring (bicyclic) bond motifs is 2. The van der Waals surface area contributed by atoms with Gasteiger partial charge in [-0.25, -0.2) is 9.78 Å². The van der Waals surface area contributed by atoms with Crippen molar-refractivity contribution in [1.82, 2.24) is 22.8 Å². The fourth-order valence-corrected chi connectivity index (χ4v) is 6.14. The largest absolute Gasteiger partial charge is 0.343 e. The quantitative estimate of drug-likeness (QED) is 0.458. The lowest BCUT2D eigenvalue weighted by Gasteiger charge is -2.09. The average molecular weight is 460 g/mol. The number of benzene rings is 1. The van der Waals surface area contributed by atoms with Crippen LogP contribution in [-0.4, -0.2) is 51.9 Å². The molecule has 0 amide bonds. The normalized spacial score (nSPS) is 12.6. The van der Waals surface area contributed by atoms with Crippen molar-refractivity contribution < 1.29 is 8.42 Å². The number of thiazole rings is 1. The molecule has 8 nitrogen and oxygen atoms in total. The van der Waals surface area contributed by atoms with Gasteiger partial charge in [-0.15, -0.1) is 0 Å². The van der Waals surface area contributed by atoms with Crippen LogP contribution >= 0.6 is 34.5 Å². The van der Waals surface area contributed by atoms with Crippen molar-refractivity contribution >= 4 is 60.6 Å². The summed E-state index contributed by atoms with van der Waals surface area (Å²) < 4.78 is 30.8. The monoisotopic (exact) mass is 459 g/mol. The minimum absolute atomic E-state index is 0.208. The van der Waals surface area contributed by atoms with Gasteiger partial charge < -0.3 is 4.90 Å². The molecule has 148 valence electrons. The molecule has 0 bridgehead atoms. The van der Waals surface area contributed by atoms with Crippen LogP contribution in [0, 0.1) is 0 Å². The van der Waals surface area contributed by atoms with E-state index in [1.54, 1.807) is 24.3 Å². The molecule has 1 aromatic carbocycles. The Bertz CT molecular complexity index is 1360. The molecule has 4 rings (SSSR count).